The van der Waals surface area contributed by atoms with Gasteiger partial charge in [0.25, 0.3) is 0 Å². The lowest BCUT2D eigenvalue weighted by Gasteiger charge is -2.19. The van der Waals surface area contributed by atoms with E-state index in [9.17, 15) is 0 Å². The highest BCUT2D eigenvalue weighted by atomic mass is 35.5. The molecule has 0 amide bonds. The third-order valence-electron chi connectivity index (χ3n) is 5.63. The maximum Gasteiger partial charge on any atom is 0.0406 e. The Labute approximate surface area is 192 Å². The molecule has 0 radical (unpaired) electrons. The summed E-state index contributed by atoms with van der Waals surface area (Å²) in [5.41, 5.74) is 7.35. The Hall–Kier alpha value is -3.06. The molecule has 0 aliphatic rings. The Bertz CT molecular complexity index is 1340. The molecule has 5 aromatic carbocycles. The van der Waals surface area contributed by atoms with E-state index in [-0.39, 0.29) is 0 Å². The van der Waals surface area contributed by atoms with Crippen molar-refractivity contribution in [3.8, 4) is 22.3 Å². The summed E-state index contributed by atoms with van der Waals surface area (Å²) in [6.45, 7) is 0. The van der Waals surface area contributed by atoms with Gasteiger partial charge in [-0.2, -0.15) is 0 Å². The fourth-order valence-corrected chi connectivity index (χ4v) is 4.48. The summed E-state index contributed by atoms with van der Waals surface area (Å²) in [4.78, 5) is 0. The van der Waals surface area contributed by atoms with Crippen LogP contribution < -0.4 is 0 Å². The predicted molar refractivity (Wildman–Crippen MR) is 134 cm³/mol. The monoisotopic (exact) mass is 438 g/mol. The first kappa shape index (κ1) is 19.9. The van der Waals surface area contributed by atoms with Gasteiger partial charge in [-0.05, 0) is 74.8 Å². The van der Waals surface area contributed by atoms with Crippen LogP contribution in [0.2, 0.25) is 10.0 Å². The van der Waals surface area contributed by atoms with Crippen molar-refractivity contribution in [2.75, 3.05) is 0 Å². The molecular weight excluding hydrogens is 419 g/mol. The van der Waals surface area contributed by atoms with Crippen molar-refractivity contribution >= 4 is 34.0 Å². The lowest BCUT2D eigenvalue weighted by atomic mass is 9.84. The van der Waals surface area contributed by atoms with Crippen LogP contribution in [0.1, 0.15) is 11.1 Å². The zero-order valence-corrected chi connectivity index (χ0v) is 18.4. The molecular formula is C29H20Cl2. The quantitative estimate of drug-likeness (QED) is 0.262. The summed E-state index contributed by atoms with van der Waals surface area (Å²) in [7, 11) is 0. The van der Waals surface area contributed by atoms with Gasteiger partial charge in [0.1, 0.15) is 0 Å². The van der Waals surface area contributed by atoms with Crippen LogP contribution in [0.25, 0.3) is 33.0 Å². The molecule has 31 heavy (non-hydrogen) atoms. The largest absolute Gasteiger partial charge is 0.0843 e. The average molecular weight is 439 g/mol. The molecule has 0 aliphatic carbocycles. The normalized spacial score (nSPS) is 11.0. The second-order valence-electron chi connectivity index (χ2n) is 7.68. The van der Waals surface area contributed by atoms with Crippen molar-refractivity contribution in [1.29, 1.82) is 0 Å². The van der Waals surface area contributed by atoms with Crippen LogP contribution in [-0.2, 0) is 6.42 Å². The molecule has 0 fully saturated rings. The second kappa shape index (κ2) is 8.59. The number of rotatable bonds is 4. The molecule has 0 atom stereocenters. The van der Waals surface area contributed by atoms with Crippen LogP contribution in [0.4, 0.5) is 0 Å². The average Bonchev–Trinajstić information content (AvgIpc) is 2.80. The summed E-state index contributed by atoms with van der Waals surface area (Å²) in [5, 5.41) is 3.94. The number of fused-ring (bicyclic) bond motifs is 1. The predicted octanol–water partition coefficient (Wildman–Crippen LogP) is 9.07. The Morgan fingerprint density at radius 1 is 0.516 bits per heavy atom. The topological polar surface area (TPSA) is 0 Å². The van der Waals surface area contributed by atoms with Gasteiger partial charge in [-0.15, -0.1) is 0 Å². The standard InChI is InChI=1S/C29H20Cl2/c30-25-14-10-21(11-15-25)28-24(18-20-6-2-1-3-7-20)19-23-8-4-5-9-27(23)29(28)22-12-16-26(31)17-13-22/h1-17,19H,18H2. The van der Waals surface area contributed by atoms with Gasteiger partial charge in [-0.1, -0.05) is 108 Å². The fourth-order valence-electron chi connectivity index (χ4n) is 4.22. The van der Waals surface area contributed by atoms with E-state index in [4.69, 9.17) is 23.2 Å². The van der Waals surface area contributed by atoms with Gasteiger partial charge in [0.2, 0.25) is 0 Å². The van der Waals surface area contributed by atoms with Crippen LogP contribution in [0.5, 0.6) is 0 Å². The third-order valence-corrected chi connectivity index (χ3v) is 6.14. The van der Waals surface area contributed by atoms with E-state index in [1.54, 1.807) is 0 Å². The van der Waals surface area contributed by atoms with Crippen molar-refractivity contribution in [2.45, 2.75) is 6.42 Å². The van der Waals surface area contributed by atoms with Gasteiger partial charge < -0.3 is 0 Å². The number of hydrogen-bond donors (Lipinski definition) is 0. The molecule has 0 saturated heterocycles. The highest BCUT2D eigenvalue weighted by Crippen LogP contribution is 2.42. The summed E-state index contributed by atoms with van der Waals surface area (Å²) in [5.74, 6) is 0. The lowest BCUT2D eigenvalue weighted by Crippen LogP contribution is -1.97. The van der Waals surface area contributed by atoms with Crippen molar-refractivity contribution in [1.82, 2.24) is 0 Å². The zero-order chi connectivity index (χ0) is 21.2. The molecule has 150 valence electrons. The molecule has 0 unspecified atom stereocenters. The van der Waals surface area contributed by atoms with Gasteiger partial charge in [0, 0.05) is 10.0 Å². The van der Waals surface area contributed by atoms with Crippen LogP contribution in [-0.4, -0.2) is 0 Å². The Morgan fingerprint density at radius 2 is 1.06 bits per heavy atom. The van der Waals surface area contributed by atoms with Crippen molar-refractivity contribution < 1.29 is 0 Å². The van der Waals surface area contributed by atoms with Crippen molar-refractivity contribution in [2.24, 2.45) is 0 Å². The van der Waals surface area contributed by atoms with E-state index in [0.29, 0.717) is 0 Å². The first-order valence-corrected chi connectivity index (χ1v) is 11.0. The number of benzene rings is 5. The molecule has 0 aromatic heterocycles. The van der Waals surface area contributed by atoms with Gasteiger partial charge in [0.05, 0.1) is 0 Å². The van der Waals surface area contributed by atoms with Crippen LogP contribution in [0.3, 0.4) is 0 Å². The smallest absolute Gasteiger partial charge is 0.0406 e. The van der Waals surface area contributed by atoms with E-state index in [1.807, 2.05) is 24.3 Å². The zero-order valence-electron chi connectivity index (χ0n) is 16.9. The van der Waals surface area contributed by atoms with Crippen LogP contribution in [0.15, 0.2) is 109 Å². The van der Waals surface area contributed by atoms with Gasteiger partial charge in [-0.3, -0.25) is 0 Å². The molecule has 0 nitrogen and oxygen atoms in total. The molecule has 0 N–H and O–H groups in total. The minimum absolute atomic E-state index is 0.738. The summed E-state index contributed by atoms with van der Waals surface area (Å²) < 4.78 is 0. The summed E-state index contributed by atoms with van der Waals surface area (Å²) in [6.07, 6.45) is 0.851. The highest BCUT2D eigenvalue weighted by Gasteiger charge is 2.17. The maximum atomic E-state index is 6.22. The second-order valence-corrected chi connectivity index (χ2v) is 8.56. The molecule has 5 rings (SSSR count). The molecule has 0 spiro atoms. The van der Waals surface area contributed by atoms with Gasteiger partial charge in [-0.25, -0.2) is 0 Å². The van der Waals surface area contributed by atoms with E-state index in [1.165, 1.54) is 33.0 Å². The third kappa shape index (κ3) is 4.10. The van der Waals surface area contributed by atoms with Crippen molar-refractivity contribution in [3.63, 3.8) is 0 Å². The first-order valence-electron chi connectivity index (χ1n) is 10.3. The molecule has 0 saturated carbocycles. The van der Waals surface area contributed by atoms with Gasteiger partial charge >= 0.3 is 0 Å². The molecule has 0 heterocycles. The van der Waals surface area contributed by atoms with E-state index in [2.05, 4.69) is 84.9 Å². The SMILES string of the molecule is Clc1ccc(-c2c(Cc3ccccc3)cc3ccccc3c2-c2ccc(Cl)cc2)cc1. The Balaban J connectivity index is 1.85. The van der Waals surface area contributed by atoms with E-state index in [0.717, 1.165) is 27.6 Å². The Morgan fingerprint density at radius 3 is 1.71 bits per heavy atom. The Kier molecular flexibility index (Phi) is 5.51. The molecule has 2 heteroatoms. The van der Waals surface area contributed by atoms with E-state index >= 15 is 0 Å². The number of halogens is 2. The maximum absolute atomic E-state index is 6.22. The van der Waals surface area contributed by atoms with Gasteiger partial charge in [0.15, 0.2) is 0 Å². The molecule has 5 aromatic rings. The summed E-state index contributed by atoms with van der Waals surface area (Å²) >= 11 is 12.4. The fraction of sp³-hybridized carbons (Fsp3) is 0.0345. The van der Waals surface area contributed by atoms with Crippen LogP contribution >= 0.6 is 23.2 Å². The minimum atomic E-state index is 0.738. The molecule has 0 aliphatic heterocycles. The van der Waals surface area contributed by atoms with E-state index < -0.39 is 0 Å². The highest BCUT2D eigenvalue weighted by molar-refractivity contribution is 6.31. The van der Waals surface area contributed by atoms with Crippen molar-refractivity contribution in [3.05, 3.63) is 130 Å². The molecule has 0 bridgehead atoms. The minimum Gasteiger partial charge on any atom is -0.0843 e. The van der Waals surface area contributed by atoms with Crippen LogP contribution in [0, 0.1) is 0 Å². The number of hydrogen-bond acceptors (Lipinski definition) is 0. The lowest BCUT2D eigenvalue weighted by molar-refractivity contribution is 1.20. The first-order chi connectivity index (χ1) is 15.2. The summed E-state index contributed by atoms with van der Waals surface area (Å²) in [6, 6.07) is 37.8.